The van der Waals surface area contributed by atoms with Crippen LogP contribution in [0, 0.1) is 0 Å². The molecular formula is C18H27N3O5S2. The number of hydrogen-bond acceptors (Lipinski definition) is 5. The number of sulfonamides is 1. The van der Waals surface area contributed by atoms with E-state index in [1.54, 1.807) is 0 Å². The molecule has 0 spiro atoms. The topological polar surface area (TPSA) is 107 Å². The van der Waals surface area contributed by atoms with Gasteiger partial charge in [-0.15, -0.1) is 11.3 Å². The molecule has 1 saturated heterocycles. The van der Waals surface area contributed by atoms with Crippen molar-refractivity contribution >= 4 is 33.4 Å². The fourth-order valence-electron chi connectivity index (χ4n) is 4.15. The smallest absolute Gasteiger partial charge is 0.324 e. The molecule has 1 aromatic heterocycles. The van der Waals surface area contributed by atoms with Crippen LogP contribution in [0.2, 0.25) is 0 Å². The van der Waals surface area contributed by atoms with E-state index in [4.69, 9.17) is 0 Å². The van der Waals surface area contributed by atoms with Gasteiger partial charge in [0.15, 0.2) is 0 Å². The first-order valence-electron chi connectivity index (χ1n) is 9.56. The molecule has 0 bridgehead atoms. The minimum atomic E-state index is -3.68. The summed E-state index contributed by atoms with van der Waals surface area (Å²) in [5.41, 5.74) is 0. The van der Waals surface area contributed by atoms with E-state index < -0.39 is 28.1 Å². The molecule has 10 heteroatoms. The fourth-order valence-corrected chi connectivity index (χ4v) is 5.93. The lowest BCUT2D eigenvalue weighted by molar-refractivity contribution is -0.142. The Hall–Kier alpha value is -1.65. The summed E-state index contributed by atoms with van der Waals surface area (Å²) in [6, 6.07) is 1.56. The number of thiophene rings is 1. The summed E-state index contributed by atoms with van der Waals surface area (Å²) >= 11 is 1.49. The molecule has 8 nitrogen and oxygen atoms in total. The van der Waals surface area contributed by atoms with Crippen LogP contribution in [0.1, 0.15) is 43.4 Å². The second kappa shape index (κ2) is 8.79. The Labute approximate surface area is 169 Å². The largest absolute Gasteiger partial charge is 0.480 e. The van der Waals surface area contributed by atoms with Crippen LogP contribution >= 0.6 is 11.3 Å². The Bertz CT molecular complexity index is 790. The molecule has 28 heavy (non-hydrogen) atoms. The molecular weight excluding hydrogens is 402 g/mol. The lowest BCUT2D eigenvalue weighted by atomic mass is 9.95. The van der Waals surface area contributed by atoms with Crippen molar-refractivity contribution in [3.63, 3.8) is 0 Å². The van der Waals surface area contributed by atoms with Crippen LogP contribution in [0.15, 0.2) is 17.5 Å². The van der Waals surface area contributed by atoms with Gasteiger partial charge in [-0.2, -0.15) is 4.31 Å². The van der Waals surface area contributed by atoms with Gasteiger partial charge in [0.25, 0.3) is 0 Å². The molecule has 2 amide bonds. The first-order valence-corrected chi connectivity index (χ1v) is 12.3. The van der Waals surface area contributed by atoms with Gasteiger partial charge in [0.2, 0.25) is 10.0 Å². The van der Waals surface area contributed by atoms with E-state index in [2.05, 4.69) is 5.32 Å². The molecule has 0 unspecified atom stereocenters. The van der Waals surface area contributed by atoms with Crippen molar-refractivity contribution in [3.8, 4) is 0 Å². The normalized spacial score (nSPS) is 24.2. The Kier molecular flexibility index (Phi) is 6.61. The quantitative estimate of drug-likeness (QED) is 0.720. The third-order valence-corrected chi connectivity index (χ3v) is 7.62. The third kappa shape index (κ3) is 4.84. The number of urea groups is 1. The molecule has 1 aromatic rings. The number of nitrogens with zero attached hydrogens (tertiary/aromatic N) is 2. The highest BCUT2D eigenvalue weighted by Crippen LogP contribution is 2.28. The number of nitrogens with one attached hydrogen (secondary N) is 1. The zero-order chi connectivity index (χ0) is 20.3. The van der Waals surface area contributed by atoms with Gasteiger partial charge in [-0.05, 0) is 30.7 Å². The molecule has 156 valence electrons. The maximum Gasteiger partial charge on any atom is 0.324 e. The monoisotopic (exact) mass is 429 g/mol. The van der Waals surface area contributed by atoms with Gasteiger partial charge in [-0.3, -0.25) is 4.79 Å². The van der Waals surface area contributed by atoms with Crippen molar-refractivity contribution in [1.29, 1.82) is 0 Å². The highest BCUT2D eigenvalue weighted by atomic mass is 32.2. The second-order valence-corrected chi connectivity index (χ2v) is 10.5. The van der Waals surface area contributed by atoms with Crippen LogP contribution in [0.3, 0.4) is 0 Å². The number of carboxylic acids is 1. The van der Waals surface area contributed by atoms with E-state index in [1.807, 2.05) is 17.5 Å². The summed E-state index contributed by atoms with van der Waals surface area (Å²) in [5, 5.41) is 14.7. The van der Waals surface area contributed by atoms with Crippen LogP contribution in [0.25, 0.3) is 0 Å². The summed E-state index contributed by atoms with van der Waals surface area (Å²) in [4.78, 5) is 27.5. The zero-order valence-electron chi connectivity index (χ0n) is 15.9. The van der Waals surface area contributed by atoms with Gasteiger partial charge in [-0.25, -0.2) is 13.2 Å². The van der Waals surface area contributed by atoms with E-state index in [9.17, 15) is 23.1 Å². The molecule has 2 heterocycles. The predicted octanol–water partition coefficient (Wildman–Crippen LogP) is 2.08. The van der Waals surface area contributed by atoms with Gasteiger partial charge in [0.05, 0.1) is 18.8 Å². The summed E-state index contributed by atoms with van der Waals surface area (Å²) in [6.07, 6.45) is 6.45. The Balaban J connectivity index is 1.84. The minimum Gasteiger partial charge on any atom is -0.480 e. The molecule has 2 N–H and O–H groups in total. The van der Waals surface area contributed by atoms with Crippen molar-refractivity contribution in [2.45, 2.75) is 63.2 Å². The van der Waals surface area contributed by atoms with Crippen molar-refractivity contribution in [2.75, 3.05) is 12.8 Å². The van der Waals surface area contributed by atoms with Crippen molar-refractivity contribution in [3.05, 3.63) is 22.4 Å². The van der Waals surface area contributed by atoms with E-state index in [0.717, 1.165) is 47.5 Å². The summed E-state index contributed by atoms with van der Waals surface area (Å²) in [5.74, 6) is -1.23. The Morgan fingerprint density at radius 2 is 2.00 bits per heavy atom. The predicted molar refractivity (Wildman–Crippen MR) is 107 cm³/mol. The molecule has 2 fully saturated rings. The van der Waals surface area contributed by atoms with Crippen molar-refractivity contribution < 1.29 is 23.1 Å². The SMILES string of the molecule is CS(=O)(=O)N1CC[C@@H](N(Cc2cccs2)C(=O)NC2CCCCC2)[C@H]1C(=O)O. The molecule has 2 atom stereocenters. The van der Waals surface area contributed by atoms with Crippen LogP contribution in [0.5, 0.6) is 0 Å². The average Bonchev–Trinajstić information content (AvgIpc) is 3.29. The van der Waals surface area contributed by atoms with Crippen LogP contribution in [-0.2, 0) is 21.4 Å². The van der Waals surface area contributed by atoms with Gasteiger partial charge in [0, 0.05) is 17.5 Å². The highest BCUT2D eigenvalue weighted by Gasteiger charge is 2.48. The van der Waals surface area contributed by atoms with Crippen molar-refractivity contribution in [1.82, 2.24) is 14.5 Å². The first-order chi connectivity index (χ1) is 13.3. The van der Waals surface area contributed by atoms with E-state index in [1.165, 1.54) is 16.2 Å². The summed E-state index contributed by atoms with van der Waals surface area (Å²) in [6.45, 7) is 0.361. The average molecular weight is 430 g/mol. The maximum absolute atomic E-state index is 13.1. The number of carbonyl (C=O) groups is 2. The molecule has 0 aromatic carbocycles. The lowest BCUT2D eigenvalue weighted by Crippen LogP contribution is -2.55. The number of carboxylic acid groups (broad SMARTS) is 1. The maximum atomic E-state index is 13.1. The van der Waals surface area contributed by atoms with Crippen LogP contribution in [0.4, 0.5) is 4.79 Å². The van der Waals surface area contributed by atoms with Gasteiger partial charge in [0.1, 0.15) is 6.04 Å². The standard InChI is InChI=1S/C18H27N3O5S2/c1-28(25,26)21-10-9-15(16(21)17(22)23)20(12-14-8-5-11-27-14)18(24)19-13-6-3-2-4-7-13/h5,8,11,13,15-16H,2-4,6-7,9-10,12H2,1H3,(H,19,24)(H,22,23)/t15-,16+/m1/s1. The highest BCUT2D eigenvalue weighted by molar-refractivity contribution is 7.88. The second-order valence-electron chi connectivity index (χ2n) is 7.50. The van der Waals surface area contributed by atoms with E-state index in [-0.39, 0.29) is 25.2 Å². The number of aliphatic carboxylic acids is 1. The van der Waals surface area contributed by atoms with Gasteiger partial charge in [-0.1, -0.05) is 25.3 Å². The van der Waals surface area contributed by atoms with Crippen LogP contribution in [-0.4, -0.2) is 65.7 Å². The van der Waals surface area contributed by atoms with Gasteiger partial charge < -0.3 is 15.3 Å². The van der Waals surface area contributed by atoms with E-state index in [0.29, 0.717) is 6.42 Å². The van der Waals surface area contributed by atoms with Crippen molar-refractivity contribution in [2.24, 2.45) is 0 Å². The molecule has 3 rings (SSSR count). The number of hydrogen-bond donors (Lipinski definition) is 2. The molecule has 1 aliphatic heterocycles. The fraction of sp³-hybridized carbons (Fsp3) is 0.667. The lowest BCUT2D eigenvalue weighted by Gasteiger charge is -2.34. The number of rotatable bonds is 6. The molecule has 0 radical (unpaired) electrons. The Morgan fingerprint density at radius 1 is 1.29 bits per heavy atom. The van der Waals surface area contributed by atoms with E-state index >= 15 is 0 Å². The first kappa shape index (κ1) is 21.1. The molecule has 2 aliphatic rings. The minimum absolute atomic E-state index is 0.0859. The number of amides is 2. The molecule has 1 aliphatic carbocycles. The molecule has 1 saturated carbocycles. The number of carbonyl (C=O) groups excluding carboxylic acids is 1. The van der Waals surface area contributed by atoms with Gasteiger partial charge >= 0.3 is 12.0 Å². The summed E-state index contributed by atoms with van der Waals surface area (Å²) < 4.78 is 25.1. The Morgan fingerprint density at radius 3 is 2.57 bits per heavy atom. The third-order valence-electron chi connectivity index (χ3n) is 5.50. The summed E-state index contributed by atoms with van der Waals surface area (Å²) in [7, 11) is -3.68. The zero-order valence-corrected chi connectivity index (χ0v) is 17.5. The van der Waals surface area contributed by atoms with Crippen LogP contribution < -0.4 is 5.32 Å².